The van der Waals surface area contributed by atoms with E-state index in [0.717, 1.165) is 49.0 Å². The third kappa shape index (κ3) is 3.65. The van der Waals surface area contributed by atoms with Crippen molar-refractivity contribution in [3.8, 4) is 0 Å². The minimum absolute atomic E-state index is 0.0165. The van der Waals surface area contributed by atoms with Crippen LogP contribution in [0.3, 0.4) is 0 Å². The molecular weight excluding hydrogens is 436 g/mol. The van der Waals surface area contributed by atoms with Gasteiger partial charge in [-0.05, 0) is 61.2 Å². The van der Waals surface area contributed by atoms with Gasteiger partial charge in [0, 0.05) is 43.1 Å². The van der Waals surface area contributed by atoms with Gasteiger partial charge < -0.3 is 19.5 Å². The second-order valence-electron chi connectivity index (χ2n) is 9.39. The molecule has 2 aliphatic heterocycles. The molecule has 1 unspecified atom stereocenters. The van der Waals surface area contributed by atoms with Gasteiger partial charge in [0.2, 0.25) is 0 Å². The van der Waals surface area contributed by atoms with E-state index in [4.69, 9.17) is 9.72 Å². The van der Waals surface area contributed by atoms with Crippen molar-refractivity contribution in [1.82, 2.24) is 14.5 Å². The minimum atomic E-state index is -0.433. The van der Waals surface area contributed by atoms with Crippen molar-refractivity contribution in [1.29, 1.82) is 0 Å². The van der Waals surface area contributed by atoms with Gasteiger partial charge in [0.05, 0.1) is 16.7 Å². The molecular formula is C25H28N4O3S. The van der Waals surface area contributed by atoms with E-state index >= 15 is 0 Å². The van der Waals surface area contributed by atoms with E-state index in [-0.39, 0.29) is 11.8 Å². The van der Waals surface area contributed by atoms with Crippen molar-refractivity contribution < 1.29 is 14.3 Å². The lowest BCUT2D eigenvalue weighted by molar-refractivity contribution is -0.124. The summed E-state index contributed by atoms with van der Waals surface area (Å²) < 4.78 is 7.68. The van der Waals surface area contributed by atoms with E-state index in [1.54, 1.807) is 11.3 Å². The molecule has 3 aromatic rings. The van der Waals surface area contributed by atoms with E-state index in [2.05, 4.69) is 21.3 Å². The molecule has 8 heteroatoms. The number of ether oxygens (including phenoxy) is 1. The van der Waals surface area contributed by atoms with E-state index in [9.17, 15) is 9.59 Å². The number of rotatable bonds is 4. The summed E-state index contributed by atoms with van der Waals surface area (Å²) in [6.07, 6.45) is 5.57. The second kappa shape index (κ2) is 8.25. The number of nitrogens with zero attached hydrogens (tertiary/aromatic N) is 3. The summed E-state index contributed by atoms with van der Waals surface area (Å²) in [6, 6.07) is 5.83. The van der Waals surface area contributed by atoms with E-state index < -0.39 is 6.10 Å². The Bertz CT molecular complexity index is 1240. The first-order valence-corrected chi connectivity index (χ1v) is 12.7. The number of anilines is 1. The van der Waals surface area contributed by atoms with Crippen molar-refractivity contribution in [3.05, 3.63) is 45.4 Å². The highest BCUT2D eigenvalue weighted by Crippen LogP contribution is 2.38. The zero-order chi connectivity index (χ0) is 22.5. The Morgan fingerprint density at radius 1 is 1.21 bits per heavy atom. The lowest BCUT2D eigenvalue weighted by Crippen LogP contribution is -2.35. The highest BCUT2D eigenvalue weighted by Gasteiger charge is 2.29. The van der Waals surface area contributed by atoms with Crippen LogP contribution >= 0.6 is 11.3 Å². The molecule has 33 heavy (non-hydrogen) atoms. The maximum absolute atomic E-state index is 13.5. The molecule has 2 aromatic heterocycles. The van der Waals surface area contributed by atoms with Crippen LogP contribution in [0.15, 0.2) is 23.6 Å². The monoisotopic (exact) mass is 464 g/mol. The molecule has 0 radical (unpaired) electrons. The summed E-state index contributed by atoms with van der Waals surface area (Å²) in [5, 5.41) is 5.17. The zero-order valence-corrected chi connectivity index (χ0v) is 19.6. The molecule has 3 aliphatic rings. The largest absolute Gasteiger partial charge is 0.368 e. The van der Waals surface area contributed by atoms with Gasteiger partial charge in [-0.1, -0.05) is 6.42 Å². The first kappa shape index (κ1) is 20.9. The van der Waals surface area contributed by atoms with Gasteiger partial charge in [0.15, 0.2) is 0 Å². The number of hydrogen-bond acceptors (Lipinski definition) is 5. The third-order valence-corrected chi connectivity index (χ3v) is 8.32. The Morgan fingerprint density at radius 2 is 2.09 bits per heavy atom. The summed E-state index contributed by atoms with van der Waals surface area (Å²) >= 11 is 1.76. The van der Waals surface area contributed by atoms with Gasteiger partial charge in [0.25, 0.3) is 11.8 Å². The summed E-state index contributed by atoms with van der Waals surface area (Å²) in [6.45, 7) is 1.95. The van der Waals surface area contributed by atoms with Crippen LogP contribution in [0.1, 0.15) is 64.6 Å². The first-order chi connectivity index (χ1) is 16.1. The van der Waals surface area contributed by atoms with Crippen molar-refractivity contribution >= 4 is 39.9 Å². The fourth-order valence-electron chi connectivity index (χ4n) is 5.22. The average molecular weight is 465 g/mol. The molecule has 172 valence electrons. The van der Waals surface area contributed by atoms with Crippen molar-refractivity contribution in [3.63, 3.8) is 0 Å². The molecule has 1 atom stereocenters. The van der Waals surface area contributed by atoms with Crippen LogP contribution in [0.5, 0.6) is 0 Å². The maximum Gasteiger partial charge on any atom is 0.254 e. The van der Waals surface area contributed by atoms with Crippen LogP contribution < -0.4 is 5.32 Å². The molecule has 6 rings (SSSR count). The smallest absolute Gasteiger partial charge is 0.254 e. The maximum atomic E-state index is 13.5. The van der Waals surface area contributed by atoms with Gasteiger partial charge >= 0.3 is 0 Å². The number of fused-ring (bicyclic) bond motifs is 2. The summed E-state index contributed by atoms with van der Waals surface area (Å²) in [7, 11) is 2.01. The highest BCUT2D eigenvalue weighted by atomic mass is 32.1. The molecule has 1 saturated carbocycles. The second-order valence-corrected chi connectivity index (χ2v) is 10.4. The van der Waals surface area contributed by atoms with E-state index in [1.807, 2.05) is 24.1 Å². The fourth-order valence-corrected chi connectivity index (χ4v) is 6.11. The predicted molar refractivity (Wildman–Crippen MR) is 128 cm³/mol. The fraction of sp³-hybridized carbons (Fsp3) is 0.480. The van der Waals surface area contributed by atoms with Gasteiger partial charge in [-0.25, -0.2) is 4.98 Å². The topological polar surface area (TPSA) is 76.5 Å². The Balaban J connectivity index is 1.37. The van der Waals surface area contributed by atoms with Crippen molar-refractivity contribution in [2.45, 2.75) is 57.1 Å². The number of benzene rings is 1. The van der Waals surface area contributed by atoms with Gasteiger partial charge in [-0.3, -0.25) is 9.59 Å². The Morgan fingerprint density at radius 3 is 2.85 bits per heavy atom. The van der Waals surface area contributed by atoms with E-state index in [1.165, 1.54) is 16.9 Å². The summed E-state index contributed by atoms with van der Waals surface area (Å²) in [5.74, 6) is 1.32. The number of carbonyl (C=O) groups excluding carboxylic acids is 2. The Kier molecular flexibility index (Phi) is 5.22. The number of carbonyl (C=O) groups is 2. The Hall–Kier alpha value is -2.71. The lowest BCUT2D eigenvalue weighted by Gasteiger charge is -2.27. The van der Waals surface area contributed by atoms with Crippen LogP contribution in [-0.2, 0) is 29.5 Å². The molecule has 1 aliphatic carbocycles. The number of aryl methyl sites for hydroxylation is 1. The first-order valence-electron chi connectivity index (χ1n) is 11.9. The third-order valence-electron chi connectivity index (χ3n) is 7.30. The molecule has 2 amide bonds. The average Bonchev–Trinajstić information content (AvgIpc) is 3.52. The number of thiophene rings is 1. The number of amides is 2. The molecule has 2 fully saturated rings. The zero-order valence-electron chi connectivity index (χ0n) is 18.8. The molecule has 0 spiro atoms. The van der Waals surface area contributed by atoms with Crippen LogP contribution in [-0.4, -0.2) is 45.5 Å². The predicted octanol–water partition coefficient (Wildman–Crippen LogP) is 4.22. The number of imidazole rings is 1. The lowest BCUT2D eigenvalue weighted by atomic mass is 9.85. The molecule has 0 bridgehead atoms. The van der Waals surface area contributed by atoms with Crippen LogP contribution in [0.2, 0.25) is 0 Å². The number of nitrogens with one attached hydrogen (secondary N) is 1. The van der Waals surface area contributed by atoms with Crippen LogP contribution in [0, 0.1) is 0 Å². The SMILES string of the molecule is Cn1c(C2CCC2)nc2cc(C(=O)N3CCc4sccc4C3)cc(NC(=O)C3CCCO3)c21. The standard InChI is InChI=1S/C25H28N4O3S/c1-28-22-18(26-23(28)15-4-2-5-15)12-17(13-19(22)27-24(30)20-6-3-10-32-20)25(31)29-9-7-21-16(14-29)8-11-33-21/h8,11-13,15,20H,2-7,9-10,14H2,1H3,(H,27,30). The highest BCUT2D eigenvalue weighted by molar-refractivity contribution is 7.10. The van der Waals surface area contributed by atoms with E-state index in [0.29, 0.717) is 36.9 Å². The summed E-state index contributed by atoms with van der Waals surface area (Å²) in [5.41, 5.74) is 4.09. The van der Waals surface area contributed by atoms with Gasteiger partial charge in [0.1, 0.15) is 11.9 Å². The van der Waals surface area contributed by atoms with Gasteiger partial charge in [-0.2, -0.15) is 0 Å². The number of hydrogen-bond donors (Lipinski definition) is 1. The van der Waals surface area contributed by atoms with Crippen molar-refractivity contribution in [2.75, 3.05) is 18.5 Å². The Labute approximate surface area is 196 Å². The van der Waals surface area contributed by atoms with Crippen molar-refractivity contribution in [2.24, 2.45) is 7.05 Å². The molecule has 1 saturated heterocycles. The van der Waals surface area contributed by atoms with Crippen LogP contribution in [0.4, 0.5) is 5.69 Å². The summed E-state index contributed by atoms with van der Waals surface area (Å²) in [4.78, 5) is 34.6. The van der Waals surface area contributed by atoms with Gasteiger partial charge in [-0.15, -0.1) is 11.3 Å². The molecule has 1 N–H and O–H groups in total. The molecule has 4 heterocycles. The normalized spacial score (nSPS) is 20.6. The number of aromatic nitrogens is 2. The quantitative estimate of drug-likeness (QED) is 0.627. The molecule has 7 nitrogen and oxygen atoms in total. The minimum Gasteiger partial charge on any atom is -0.368 e. The van der Waals surface area contributed by atoms with Crippen LogP contribution in [0.25, 0.3) is 11.0 Å². The molecule has 1 aromatic carbocycles.